The highest BCUT2D eigenvalue weighted by atomic mass is 32.1. The third kappa shape index (κ3) is 5.18. The SMILES string of the molecule is C=C(/C=C/C(/N=C(\C)c1ccccc1)c1ccc2c(c1)sc1cccc(-c3ccccc3)c12)c1cccc2c1sc1ccccc12. The number of benzene rings is 6. The van der Waals surface area contributed by atoms with Crippen molar-refractivity contribution in [2.45, 2.75) is 13.0 Å². The Morgan fingerprint density at radius 3 is 2.22 bits per heavy atom. The van der Waals surface area contributed by atoms with E-state index in [2.05, 4.69) is 159 Å². The van der Waals surface area contributed by atoms with Crippen molar-refractivity contribution in [3.63, 3.8) is 0 Å². The number of hydrogen-bond donors (Lipinski definition) is 0. The molecule has 0 fully saturated rings. The lowest BCUT2D eigenvalue weighted by Crippen LogP contribution is -2.00. The maximum Gasteiger partial charge on any atom is 0.0937 e. The van der Waals surface area contributed by atoms with Crippen molar-refractivity contribution in [3.05, 3.63) is 175 Å². The molecule has 8 rings (SSSR count). The molecule has 0 aliphatic carbocycles. The van der Waals surface area contributed by atoms with Crippen molar-refractivity contribution in [2.75, 3.05) is 0 Å². The smallest absolute Gasteiger partial charge is 0.0937 e. The van der Waals surface area contributed by atoms with E-state index in [9.17, 15) is 0 Å². The third-order valence-electron chi connectivity index (χ3n) is 8.70. The minimum Gasteiger partial charge on any atom is -0.277 e. The summed E-state index contributed by atoms with van der Waals surface area (Å²) in [6, 6.07) is 49.7. The molecule has 1 atom stereocenters. The number of nitrogens with zero attached hydrogens (tertiary/aromatic N) is 1. The molecule has 0 spiro atoms. The zero-order valence-corrected chi connectivity index (χ0v) is 27.1. The molecular formula is C43H31NS2. The second-order valence-corrected chi connectivity index (χ2v) is 13.7. The Kier molecular flexibility index (Phi) is 7.42. The van der Waals surface area contributed by atoms with E-state index < -0.39 is 0 Å². The van der Waals surface area contributed by atoms with E-state index >= 15 is 0 Å². The van der Waals surface area contributed by atoms with Crippen LogP contribution in [0.1, 0.15) is 29.7 Å². The minimum absolute atomic E-state index is 0.165. The maximum atomic E-state index is 5.30. The number of hydrogen-bond acceptors (Lipinski definition) is 3. The third-order valence-corrected chi connectivity index (χ3v) is 11.0. The summed E-state index contributed by atoms with van der Waals surface area (Å²) >= 11 is 3.69. The van der Waals surface area contributed by atoms with Gasteiger partial charge >= 0.3 is 0 Å². The van der Waals surface area contributed by atoms with E-state index in [1.807, 2.05) is 28.7 Å². The van der Waals surface area contributed by atoms with Gasteiger partial charge in [0.05, 0.1) is 6.04 Å². The molecule has 1 unspecified atom stereocenters. The van der Waals surface area contributed by atoms with Crippen molar-refractivity contribution in [2.24, 2.45) is 4.99 Å². The fraction of sp³-hybridized carbons (Fsp3) is 0.0465. The van der Waals surface area contributed by atoms with Crippen molar-refractivity contribution < 1.29 is 0 Å². The van der Waals surface area contributed by atoms with Crippen LogP contribution in [0.4, 0.5) is 0 Å². The molecule has 0 bridgehead atoms. The van der Waals surface area contributed by atoms with Gasteiger partial charge in [-0.1, -0.05) is 140 Å². The van der Waals surface area contributed by atoms with Gasteiger partial charge in [0.25, 0.3) is 0 Å². The molecule has 3 heteroatoms. The van der Waals surface area contributed by atoms with E-state index in [-0.39, 0.29) is 6.04 Å². The number of allylic oxidation sites excluding steroid dienone is 2. The summed E-state index contributed by atoms with van der Waals surface area (Å²) in [7, 11) is 0. The molecule has 2 heterocycles. The van der Waals surface area contributed by atoms with Gasteiger partial charge < -0.3 is 0 Å². The van der Waals surface area contributed by atoms with Gasteiger partial charge in [0.15, 0.2) is 0 Å². The Morgan fingerprint density at radius 1 is 0.652 bits per heavy atom. The molecule has 0 amide bonds. The molecule has 6 aromatic carbocycles. The molecule has 8 aromatic rings. The first-order valence-corrected chi connectivity index (χ1v) is 17.2. The summed E-state index contributed by atoms with van der Waals surface area (Å²) < 4.78 is 5.15. The summed E-state index contributed by atoms with van der Waals surface area (Å²) in [5, 5.41) is 5.19. The van der Waals surface area contributed by atoms with Crippen LogP contribution in [0.3, 0.4) is 0 Å². The van der Waals surface area contributed by atoms with Gasteiger partial charge in [-0.15, -0.1) is 22.7 Å². The predicted molar refractivity (Wildman–Crippen MR) is 204 cm³/mol. The normalized spacial score (nSPS) is 12.9. The highest BCUT2D eigenvalue weighted by Crippen LogP contribution is 2.42. The van der Waals surface area contributed by atoms with Crippen molar-refractivity contribution in [1.82, 2.24) is 0 Å². The molecule has 0 radical (unpaired) electrons. The second kappa shape index (κ2) is 12.0. The summed E-state index contributed by atoms with van der Waals surface area (Å²) in [6.07, 6.45) is 4.37. The van der Waals surface area contributed by atoms with E-state index in [1.165, 1.54) is 62.6 Å². The monoisotopic (exact) mass is 625 g/mol. The highest BCUT2D eigenvalue weighted by Gasteiger charge is 2.15. The highest BCUT2D eigenvalue weighted by molar-refractivity contribution is 7.26. The maximum absolute atomic E-state index is 5.30. The molecule has 0 saturated heterocycles. The quantitative estimate of drug-likeness (QED) is 0.123. The first kappa shape index (κ1) is 28.4. The average Bonchev–Trinajstić information content (AvgIpc) is 3.68. The topological polar surface area (TPSA) is 12.4 Å². The number of thiophene rings is 2. The number of fused-ring (bicyclic) bond motifs is 6. The average molecular weight is 626 g/mol. The summed E-state index contributed by atoms with van der Waals surface area (Å²) in [6.45, 7) is 6.64. The lowest BCUT2D eigenvalue weighted by atomic mass is 9.97. The number of aliphatic imine (C=N–C) groups is 1. The summed E-state index contributed by atoms with van der Waals surface area (Å²) in [5.74, 6) is 0. The zero-order valence-electron chi connectivity index (χ0n) is 25.5. The summed E-state index contributed by atoms with van der Waals surface area (Å²) in [5.41, 5.74) is 7.99. The van der Waals surface area contributed by atoms with E-state index in [0.717, 1.165) is 16.8 Å². The van der Waals surface area contributed by atoms with Crippen LogP contribution in [-0.4, -0.2) is 5.71 Å². The van der Waals surface area contributed by atoms with Gasteiger partial charge in [-0.3, -0.25) is 4.99 Å². The first-order chi connectivity index (χ1) is 22.6. The lowest BCUT2D eigenvalue weighted by molar-refractivity contribution is 0.914. The number of rotatable bonds is 7. The standard InChI is InChI=1S/C43H31NS2/c1-28(33-18-11-20-36-35-17-9-10-21-39(35)46-43(33)36)23-26-38(44-29(2)30-13-5-3-6-14-30)32-24-25-37-41(27-32)45-40-22-12-19-34(42(37)40)31-15-7-4-8-16-31/h3-27,38H,1H2,2H3/b26-23+,44-29+. The van der Waals surface area contributed by atoms with Crippen LogP contribution in [0.2, 0.25) is 0 Å². The Balaban J connectivity index is 1.22. The molecular weight excluding hydrogens is 595 g/mol. The zero-order chi connectivity index (χ0) is 31.0. The van der Waals surface area contributed by atoms with Crippen LogP contribution >= 0.6 is 22.7 Å². The van der Waals surface area contributed by atoms with E-state index in [4.69, 9.17) is 4.99 Å². The predicted octanol–water partition coefficient (Wildman–Crippen LogP) is 12.9. The second-order valence-electron chi connectivity index (χ2n) is 11.6. The molecule has 0 aliphatic heterocycles. The van der Waals surface area contributed by atoms with Crippen LogP contribution in [0, 0.1) is 0 Å². The van der Waals surface area contributed by atoms with Gasteiger partial charge in [0.1, 0.15) is 0 Å². The van der Waals surface area contributed by atoms with E-state index in [1.54, 1.807) is 0 Å². The molecule has 0 saturated carbocycles. The van der Waals surface area contributed by atoms with Gasteiger partial charge in [0, 0.05) is 46.1 Å². The fourth-order valence-electron chi connectivity index (χ4n) is 6.37. The molecule has 0 aliphatic rings. The van der Waals surface area contributed by atoms with Crippen LogP contribution in [-0.2, 0) is 0 Å². The largest absolute Gasteiger partial charge is 0.277 e. The Labute approximate surface area is 277 Å². The Hall–Kier alpha value is -5.09. The van der Waals surface area contributed by atoms with Crippen molar-refractivity contribution >= 4 is 74.3 Å². The van der Waals surface area contributed by atoms with Crippen LogP contribution < -0.4 is 0 Å². The van der Waals surface area contributed by atoms with Crippen LogP contribution in [0.25, 0.3) is 57.0 Å². The van der Waals surface area contributed by atoms with Crippen LogP contribution in [0.5, 0.6) is 0 Å². The molecule has 46 heavy (non-hydrogen) atoms. The molecule has 220 valence electrons. The molecule has 0 N–H and O–H groups in total. The fourth-order valence-corrected chi connectivity index (χ4v) is 8.81. The van der Waals surface area contributed by atoms with Gasteiger partial charge in [0.2, 0.25) is 0 Å². The summed E-state index contributed by atoms with van der Waals surface area (Å²) in [4.78, 5) is 5.30. The lowest BCUT2D eigenvalue weighted by Gasteiger charge is -2.12. The first-order valence-electron chi connectivity index (χ1n) is 15.5. The van der Waals surface area contributed by atoms with Crippen molar-refractivity contribution in [3.8, 4) is 11.1 Å². The van der Waals surface area contributed by atoms with Crippen LogP contribution in [0.15, 0.2) is 163 Å². The molecule has 2 aromatic heterocycles. The van der Waals surface area contributed by atoms with E-state index in [0.29, 0.717) is 0 Å². The Bertz CT molecular complexity index is 2440. The molecule has 1 nitrogen and oxygen atoms in total. The van der Waals surface area contributed by atoms with Crippen molar-refractivity contribution in [1.29, 1.82) is 0 Å². The van der Waals surface area contributed by atoms with Gasteiger partial charge in [-0.05, 0) is 58.5 Å². The Morgan fingerprint density at radius 2 is 1.37 bits per heavy atom. The van der Waals surface area contributed by atoms with Gasteiger partial charge in [-0.2, -0.15) is 0 Å². The van der Waals surface area contributed by atoms with Gasteiger partial charge in [-0.25, -0.2) is 0 Å². The minimum atomic E-state index is -0.165.